The number of anilines is 2. The molecule has 7 heteroatoms. The largest absolute Gasteiger partial charge is 0.399 e. The molecule has 0 aliphatic carbocycles. The number of aryl methyl sites for hydroxylation is 2. The minimum absolute atomic E-state index is 0.174. The SMILES string of the molecule is CC1=NN(c2ccc(N)cc2)C(=O)C1n1nc(C)c(C)n1. The lowest BCUT2D eigenvalue weighted by molar-refractivity contribution is -0.119. The fourth-order valence-corrected chi connectivity index (χ4v) is 2.21. The van der Waals surface area contributed by atoms with E-state index in [1.807, 2.05) is 13.8 Å². The molecule has 1 unspecified atom stereocenters. The Morgan fingerprint density at radius 3 is 2.19 bits per heavy atom. The molecule has 1 atom stereocenters. The molecule has 2 N–H and O–H groups in total. The number of nitrogen functional groups attached to an aromatic ring is 1. The van der Waals surface area contributed by atoms with Crippen LogP contribution in [0.25, 0.3) is 0 Å². The van der Waals surface area contributed by atoms with E-state index in [4.69, 9.17) is 5.73 Å². The molecule has 108 valence electrons. The van der Waals surface area contributed by atoms with Crippen LogP contribution in [0.4, 0.5) is 11.4 Å². The van der Waals surface area contributed by atoms with Crippen molar-refractivity contribution >= 4 is 23.0 Å². The topological polar surface area (TPSA) is 89.4 Å². The second-order valence-electron chi connectivity index (χ2n) is 5.08. The third-order valence-electron chi connectivity index (χ3n) is 3.49. The van der Waals surface area contributed by atoms with Gasteiger partial charge in [-0.3, -0.25) is 4.79 Å². The smallest absolute Gasteiger partial charge is 0.280 e. The molecule has 0 spiro atoms. The fraction of sp³-hybridized carbons (Fsp3) is 0.286. The van der Waals surface area contributed by atoms with Gasteiger partial charge in [0.15, 0.2) is 6.04 Å². The van der Waals surface area contributed by atoms with Gasteiger partial charge in [0.2, 0.25) is 0 Å². The van der Waals surface area contributed by atoms with Gasteiger partial charge in [-0.1, -0.05) is 0 Å². The van der Waals surface area contributed by atoms with Crippen LogP contribution in [0.1, 0.15) is 24.4 Å². The van der Waals surface area contributed by atoms with Crippen molar-refractivity contribution in [3.05, 3.63) is 35.7 Å². The highest BCUT2D eigenvalue weighted by Gasteiger charge is 2.37. The summed E-state index contributed by atoms with van der Waals surface area (Å²) in [4.78, 5) is 14.0. The summed E-state index contributed by atoms with van der Waals surface area (Å²) in [5, 5.41) is 14.3. The number of aromatic nitrogens is 3. The van der Waals surface area contributed by atoms with Gasteiger partial charge >= 0.3 is 0 Å². The molecule has 1 aliphatic rings. The summed E-state index contributed by atoms with van der Waals surface area (Å²) in [6.45, 7) is 5.53. The first-order valence-electron chi connectivity index (χ1n) is 6.62. The molecule has 1 amide bonds. The van der Waals surface area contributed by atoms with Crippen LogP contribution in [0.2, 0.25) is 0 Å². The lowest BCUT2D eigenvalue weighted by Crippen LogP contribution is -2.30. The second-order valence-corrected chi connectivity index (χ2v) is 5.08. The van der Waals surface area contributed by atoms with Gasteiger partial charge < -0.3 is 5.73 Å². The number of hydrazone groups is 1. The van der Waals surface area contributed by atoms with Crippen LogP contribution in [0.3, 0.4) is 0 Å². The number of amides is 1. The van der Waals surface area contributed by atoms with Crippen LogP contribution >= 0.6 is 0 Å². The summed E-state index contributed by atoms with van der Waals surface area (Å²) in [6, 6.07) is 6.41. The quantitative estimate of drug-likeness (QED) is 0.845. The van der Waals surface area contributed by atoms with Gasteiger partial charge in [-0.25, -0.2) is 0 Å². The molecule has 0 fully saturated rings. The second kappa shape index (κ2) is 4.69. The van der Waals surface area contributed by atoms with Crippen LogP contribution < -0.4 is 10.7 Å². The van der Waals surface area contributed by atoms with Crippen LogP contribution in [-0.2, 0) is 4.79 Å². The van der Waals surface area contributed by atoms with Gasteiger partial charge in [0.25, 0.3) is 5.91 Å². The molecule has 2 heterocycles. The number of rotatable bonds is 2. The van der Waals surface area contributed by atoms with Gasteiger partial charge in [0, 0.05) is 5.69 Å². The summed E-state index contributed by atoms with van der Waals surface area (Å²) in [5.74, 6) is -0.174. The molecule has 0 radical (unpaired) electrons. The summed E-state index contributed by atoms with van der Waals surface area (Å²) in [6.07, 6.45) is 0. The monoisotopic (exact) mass is 284 g/mol. The normalized spacial score (nSPS) is 18.2. The van der Waals surface area contributed by atoms with Gasteiger partial charge in [0.1, 0.15) is 0 Å². The van der Waals surface area contributed by atoms with Gasteiger partial charge in [-0.2, -0.15) is 25.1 Å². The van der Waals surface area contributed by atoms with E-state index in [2.05, 4.69) is 15.3 Å². The van der Waals surface area contributed by atoms with Crippen molar-refractivity contribution in [2.45, 2.75) is 26.8 Å². The van der Waals surface area contributed by atoms with Crippen molar-refractivity contribution in [3.8, 4) is 0 Å². The standard InChI is InChI=1S/C14H16N6O/c1-8-9(2)18-20(17-8)13-10(3)16-19(14(13)21)12-6-4-11(15)5-7-12/h4-7,13H,15H2,1-3H3. The van der Waals surface area contributed by atoms with Gasteiger partial charge in [-0.15, -0.1) is 0 Å². The lowest BCUT2D eigenvalue weighted by atomic mass is 10.2. The summed E-state index contributed by atoms with van der Waals surface area (Å²) in [5.41, 5.74) is 9.25. The Morgan fingerprint density at radius 1 is 1.05 bits per heavy atom. The first kappa shape index (κ1) is 13.3. The molecule has 21 heavy (non-hydrogen) atoms. The highest BCUT2D eigenvalue weighted by atomic mass is 16.2. The lowest BCUT2D eigenvalue weighted by Gasteiger charge is -2.14. The van der Waals surface area contributed by atoms with Crippen molar-refractivity contribution in [3.63, 3.8) is 0 Å². The van der Waals surface area contributed by atoms with E-state index in [1.54, 1.807) is 31.2 Å². The average Bonchev–Trinajstić information content (AvgIpc) is 2.91. The first-order chi connectivity index (χ1) is 9.97. The molecular formula is C14H16N6O. The zero-order valence-corrected chi connectivity index (χ0v) is 12.1. The Morgan fingerprint density at radius 2 is 1.62 bits per heavy atom. The zero-order chi connectivity index (χ0) is 15.1. The molecule has 2 aromatic rings. The molecule has 3 rings (SSSR count). The zero-order valence-electron chi connectivity index (χ0n) is 12.1. The molecule has 1 aliphatic heterocycles. The Bertz CT molecular complexity index is 711. The van der Waals surface area contributed by atoms with Gasteiger partial charge in [0.05, 0.1) is 22.8 Å². The van der Waals surface area contributed by atoms with Crippen molar-refractivity contribution in [2.24, 2.45) is 5.10 Å². The Labute approximate surface area is 122 Å². The molecular weight excluding hydrogens is 268 g/mol. The Balaban J connectivity index is 1.95. The highest BCUT2D eigenvalue weighted by Crippen LogP contribution is 2.26. The van der Waals surface area contributed by atoms with Crippen LogP contribution in [0.15, 0.2) is 29.4 Å². The van der Waals surface area contributed by atoms with Crippen LogP contribution in [-0.4, -0.2) is 26.6 Å². The molecule has 0 saturated carbocycles. The van der Waals surface area contributed by atoms with E-state index < -0.39 is 6.04 Å². The van der Waals surface area contributed by atoms with Gasteiger partial charge in [-0.05, 0) is 45.0 Å². The minimum atomic E-state index is -0.588. The highest BCUT2D eigenvalue weighted by molar-refractivity contribution is 6.16. The Hall–Kier alpha value is -2.70. The predicted octanol–water partition coefficient (Wildman–Crippen LogP) is 1.44. The maximum atomic E-state index is 12.6. The predicted molar refractivity (Wildman–Crippen MR) is 80.0 cm³/mol. The maximum Gasteiger partial charge on any atom is 0.280 e. The number of carbonyl (C=O) groups is 1. The fourth-order valence-electron chi connectivity index (χ4n) is 2.21. The minimum Gasteiger partial charge on any atom is -0.399 e. The third-order valence-corrected chi connectivity index (χ3v) is 3.49. The van der Waals surface area contributed by atoms with Crippen molar-refractivity contribution in [2.75, 3.05) is 10.7 Å². The average molecular weight is 284 g/mol. The summed E-state index contributed by atoms with van der Waals surface area (Å²) in [7, 11) is 0. The van der Waals surface area contributed by atoms with Crippen molar-refractivity contribution in [1.29, 1.82) is 0 Å². The molecule has 1 aromatic carbocycles. The third kappa shape index (κ3) is 2.16. The Kier molecular flexibility index (Phi) is 2.97. The van der Waals surface area contributed by atoms with E-state index in [9.17, 15) is 4.79 Å². The number of benzene rings is 1. The number of nitrogens with two attached hydrogens (primary N) is 1. The van der Waals surface area contributed by atoms with Crippen molar-refractivity contribution in [1.82, 2.24) is 15.0 Å². The summed E-state index contributed by atoms with van der Waals surface area (Å²) >= 11 is 0. The van der Waals surface area contributed by atoms with E-state index in [0.717, 1.165) is 11.4 Å². The number of nitrogens with zero attached hydrogens (tertiary/aromatic N) is 5. The van der Waals surface area contributed by atoms with Crippen LogP contribution in [0.5, 0.6) is 0 Å². The molecule has 0 saturated heterocycles. The number of hydrogen-bond donors (Lipinski definition) is 1. The number of carbonyl (C=O) groups excluding carboxylic acids is 1. The van der Waals surface area contributed by atoms with E-state index in [1.165, 1.54) is 9.81 Å². The molecule has 1 aromatic heterocycles. The van der Waals surface area contributed by atoms with E-state index in [0.29, 0.717) is 17.1 Å². The number of hydrogen-bond acceptors (Lipinski definition) is 5. The van der Waals surface area contributed by atoms with Crippen LogP contribution in [0, 0.1) is 13.8 Å². The molecule has 7 nitrogen and oxygen atoms in total. The summed E-state index contributed by atoms with van der Waals surface area (Å²) < 4.78 is 0. The van der Waals surface area contributed by atoms with E-state index >= 15 is 0 Å². The first-order valence-corrected chi connectivity index (χ1v) is 6.62. The maximum absolute atomic E-state index is 12.6. The molecule has 0 bridgehead atoms. The van der Waals surface area contributed by atoms with Crippen molar-refractivity contribution < 1.29 is 4.79 Å². The van der Waals surface area contributed by atoms with E-state index in [-0.39, 0.29) is 5.91 Å².